The first kappa shape index (κ1) is 59.6. The minimum absolute atomic E-state index is 0.100. The number of carbonyl (C=O) groups excluding carboxylic acids is 4. The number of methoxy groups -OCH3 is 2. The van der Waals surface area contributed by atoms with E-state index in [1.54, 1.807) is 30.5 Å². The zero-order valence-corrected chi connectivity index (χ0v) is 44.1. The van der Waals surface area contributed by atoms with Gasteiger partial charge in [0, 0.05) is 78.3 Å². The van der Waals surface area contributed by atoms with Crippen molar-refractivity contribution < 1.29 is 73.6 Å². The number of ether oxygens (including phenoxy) is 3. The number of hydrazine groups is 1. The summed E-state index contributed by atoms with van der Waals surface area (Å²) in [6.07, 6.45) is -4.35. The van der Waals surface area contributed by atoms with Crippen LogP contribution in [0.3, 0.4) is 0 Å². The fourth-order valence-electron chi connectivity index (χ4n) is 9.65. The van der Waals surface area contributed by atoms with Crippen molar-refractivity contribution in [1.82, 2.24) is 46.0 Å². The third-order valence-corrected chi connectivity index (χ3v) is 14.5. The summed E-state index contributed by atoms with van der Waals surface area (Å²) >= 11 is 0. The number of rotatable bonds is 20. The summed E-state index contributed by atoms with van der Waals surface area (Å²) in [6.45, 7) is 0.919. The van der Waals surface area contributed by atoms with Gasteiger partial charge < -0.3 is 40.2 Å². The molecule has 18 nitrogen and oxygen atoms in total. The third-order valence-electron chi connectivity index (χ3n) is 14.5. The van der Waals surface area contributed by atoms with Crippen molar-refractivity contribution >= 4 is 29.8 Å². The highest BCUT2D eigenvalue weighted by atomic mass is 19.4. The van der Waals surface area contributed by atoms with Crippen LogP contribution in [0.5, 0.6) is 0 Å². The predicted molar refractivity (Wildman–Crippen MR) is 269 cm³/mol. The maximum Gasteiger partial charge on any atom is 0.407 e. The van der Waals surface area contributed by atoms with Gasteiger partial charge in [-0.25, -0.2) is 33.0 Å². The van der Waals surface area contributed by atoms with Gasteiger partial charge in [-0.15, -0.1) is 0 Å². The fraction of sp³-hybridized carbons (Fsp3) is 0.509. The van der Waals surface area contributed by atoms with Gasteiger partial charge in [-0.1, -0.05) is 37.8 Å². The standard InChI is InChI=1S/C53H62F8N10O8/c1-51(2,29-54)44(65-49(75)77-5)47(74)67-69(25-38-39(55)18-33(19-40(38)56)34-21-63-70(22-34)48(57)58)26-42(72)41(64-46(73)45(66-50(76)78-6)52(3,4)53(59,60)61)17-31-10-7-30(8-11-31)9-12-32-13-16-43(62-20-32)68-23-35-14-15-36(24-68)71(35)37-27-79-28-37/h7-8,10-11,13,16,18-22,35-37,41-42,44-45,48,72H,14-15,17,23-29H2,1-6H3,(H,64,73)(H,65,75)(H,66,76)(H,67,74)/t35?,36?,41-,42-,44+,45+/m0/s1. The lowest BCUT2D eigenvalue weighted by atomic mass is 9.82. The maximum absolute atomic E-state index is 16.1. The monoisotopic (exact) mass is 1120 g/mol. The molecule has 3 aliphatic rings. The van der Waals surface area contributed by atoms with Crippen LogP contribution in [-0.2, 0) is 36.8 Å². The summed E-state index contributed by atoms with van der Waals surface area (Å²) < 4.78 is 132. The van der Waals surface area contributed by atoms with Gasteiger partial charge in [-0.3, -0.25) is 24.3 Å². The van der Waals surface area contributed by atoms with E-state index in [-0.39, 0.29) is 22.2 Å². The third kappa shape index (κ3) is 14.2. The van der Waals surface area contributed by atoms with Gasteiger partial charge in [0.1, 0.15) is 29.5 Å². The Bertz CT molecular complexity index is 2820. The summed E-state index contributed by atoms with van der Waals surface area (Å²) in [5.74, 6) is 1.74. The molecule has 2 unspecified atom stereocenters. The number of fused-ring (bicyclic) bond motifs is 2. The van der Waals surface area contributed by atoms with Crippen molar-refractivity contribution in [3.05, 3.63) is 101 Å². The molecule has 2 aromatic heterocycles. The van der Waals surface area contributed by atoms with Crippen LogP contribution in [0, 0.1) is 34.3 Å². The van der Waals surface area contributed by atoms with E-state index in [2.05, 4.69) is 52.3 Å². The number of halogens is 8. The topological polar surface area (TPSA) is 205 Å². The van der Waals surface area contributed by atoms with E-state index >= 15 is 8.78 Å². The molecule has 3 fully saturated rings. The maximum atomic E-state index is 16.1. The van der Waals surface area contributed by atoms with Gasteiger partial charge in [-0.05, 0) is 80.6 Å². The molecule has 0 saturated carbocycles. The molecule has 2 bridgehead atoms. The van der Waals surface area contributed by atoms with Gasteiger partial charge in [0.15, 0.2) is 0 Å². The predicted octanol–water partition coefficient (Wildman–Crippen LogP) is 6.03. The molecule has 3 aliphatic heterocycles. The molecule has 3 saturated heterocycles. The summed E-state index contributed by atoms with van der Waals surface area (Å²) in [6, 6.07) is 7.24. The number of hydrogen-bond donors (Lipinski definition) is 5. The number of piperazine rings is 1. The molecule has 6 atom stereocenters. The Kier molecular flexibility index (Phi) is 18.8. The number of amides is 4. The zero-order chi connectivity index (χ0) is 57.6. The van der Waals surface area contributed by atoms with Crippen molar-refractivity contribution in [1.29, 1.82) is 0 Å². The molecule has 5 N–H and O–H groups in total. The lowest BCUT2D eigenvalue weighted by Crippen LogP contribution is -2.63. The number of aromatic nitrogens is 3. The highest BCUT2D eigenvalue weighted by molar-refractivity contribution is 5.87. The molecule has 0 aliphatic carbocycles. The second kappa shape index (κ2) is 24.9. The van der Waals surface area contributed by atoms with E-state index in [1.165, 1.54) is 13.8 Å². The Labute approximate surface area is 450 Å². The molecule has 0 spiro atoms. The van der Waals surface area contributed by atoms with Gasteiger partial charge in [0.05, 0.1) is 63.9 Å². The number of pyridine rings is 1. The highest BCUT2D eigenvalue weighted by Crippen LogP contribution is 2.41. The van der Waals surface area contributed by atoms with E-state index in [0.29, 0.717) is 48.7 Å². The number of benzene rings is 2. The van der Waals surface area contributed by atoms with Gasteiger partial charge in [0.25, 0.3) is 5.91 Å². The van der Waals surface area contributed by atoms with Crippen molar-refractivity contribution in [2.45, 2.75) is 109 Å². The summed E-state index contributed by atoms with van der Waals surface area (Å²) in [5, 5.41) is 22.8. The average Bonchev–Trinajstić information content (AvgIpc) is 3.99. The second-order valence-corrected chi connectivity index (χ2v) is 20.9. The van der Waals surface area contributed by atoms with Crippen LogP contribution in [0.25, 0.3) is 11.1 Å². The van der Waals surface area contributed by atoms with Crippen LogP contribution >= 0.6 is 0 Å². The molecule has 79 heavy (non-hydrogen) atoms. The molecule has 4 aromatic rings. The Morgan fingerprint density at radius 2 is 1.42 bits per heavy atom. The normalized spacial score (nSPS) is 18.4. The Hall–Kier alpha value is -7.08. The SMILES string of the molecule is COC(=O)N[C@H](C(=O)NN(Cc1c(F)cc(-c2cnn(C(F)F)c2)cc1F)C[C@H](O)[C@H](Cc1ccc(C#Cc2ccc(N3CC4CCC(C3)N4C3COC3)nc2)cc1)NC(=O)[C@@H](NC(=O)OC)C(C)(C)C(F)(F)F)C(C)(C)CF. The van der Waals surface area contributed by atoms with E-state index in [0.717, 1.165) is 88.7 Å². The van der Waals surface area contributed by atoms with Crippen molar-refractivity contribution in [3.8, 4) is 23.0 Å². The Morgan fingerprint density at radius 1 is 0.823 bits per heavy atom. The number of aliphatic hydroxyl groups excluding tert-OH is 1. The lowest BCUT2D eigenvalue weighted by molar-refractivity contribution is -0.220. The van der Waals surface area contributed by atoms with E-state index in [4.69, 9.17) is 9.72 Å². The molecule has 428 valence electrons. The van der Waals surface area contributed by atoms with Gasteiger partial charge in [0.2, 0.25) is 5.91 Å². The second-order valence-electron chi connectivity index (χ2n) is 20.9. The largest absolute Gasteiger partial charge is 0.453 e. The van der Waals surface area contributed by atoms with E-state index < -0.39 is 109 Å². The van der Waals surface area contributed by atoms with Crippen molar-refractivity contribution in [3.63, 3.8) is 0 Å². The zero-order valence-electron chi connectivity index (χ0n) is 44.1. The molecule has 7 rings (SSSR count). The molecular weight excluding hydrogens is 1060 g/mol. The number of alkyl halides is 6. The smallest absolute Gasteiger partial charge is 0.407 e. The van der Waals surface area contributed by atoms with Gasteiger partial charge in [-0.2, -0.15) is 27.1 Å². The summed E-state index contributed by atoms with van der Waals surface area (Å²) in [5.41, 5.74) is -1.92. The number of carbonyl (C=O) groups is 4. The minimum Gasteiger partial charge on any atom is -0.453 e. The average molecular weight is 1120 g/mol. The van der Waals surface area contributed by atoms with Crippen LogP contribution in [0.2, 0.25) is 0 Å². The quantitative estimate of drug-likeness (QED) is 0.0391. The minimum atomic E-state index is -5.11. The first-order valence-corrected chi connectivity index (χ1v) is 25.2. The number of hydrogen-bond acceptors (Lipinski definition) is 13. The van der Waals surface area contributed by atoms with Crippen LogP contribution in [0.4, 0.5) is 50.5 Å². The number of anilines is 1. The first-order chi connectivity index (χ1) is 37.3. The molecule has 5 heterocycles. The van der Waals surface area contributed by atoms with Crippen LogP contribution < -0.4 is 26.3 Å². The molecular formula is C53H62F8N10O8. The molecule has 2 aromatic carbocycles. The molecule has 4 amide bonds. The van der Waals surface area contributed by atoms with Crippen LogP contribution in [0.15, 0.2) is 67.1 Å². The van der Waals surface area contributed by atoms with E-state index in [9.17, 15) is 50.6 Å². The van der Waals surface area contributed by atoms with Crippen molar-refractivity contribution in [2.75, 3.05) is 58.6 Å². The molecule has 0 radical (unpaired) electrons. The lowest BCUT2D eigenvalue weighted by Gasteiger charge is -2.47. The van der Waals surface area contributed by atoms with Crippen LogP contribution in [-0.4, -0.2) is 156 Å². The van der Waals surface area contributed by atoms with Crippen molar-refractivity contribution in [2.24, 2.45) is 10.8 Å². The Morgan fingerprint density at radius 3 is 1.94 bits per heavy atom. The summed E-state index contributed by atoms with van der Waals surface area (Å²) in [7, 11) is 1.83. The number of alkyl carbamates (subject to hydrolysis) is 2. The van der Waals surface area contributed by atoms with Gasteiger partial charge >= 0.3 is 24.9 Å². The molecule has 26 heteroatoms. The first-order valence-electron chi connectivity index (χ1n) is 25.2. The van der Waals surface area contributed by atoms with E-state index in [1.807, 2.05) is 17.4 Å². The number of nitrogens with one attached hydrogen (secondary N) is 4. The number of aliphatic hydroxyl groups is 1. The highest BCUT2D eigenvalue weighted by Gasteiger charge is 2.56. The fourth-order valence-corrected chi connectivity index (χ4v) is 9.65. The summed E-state index contributed by atoms with van der Waals surface area (Å²) in [4.78, 5) is 62.6. The van der Waals surface area contributed by atoms with Crippen LogP contribution in [0.1, 0.15) is 69.3 Å². The Balaban J connectivity index is 1.16. The number of nitrogens with zero attached hydrogens (tertiary/aromatic N) is 6.